The van der Waals surface area contributed by atoms with Crippen LogP contribution in [0.1, 0.15) is 16.7 Å². The van der Waals surface area contributed by atoms with Crippen LogP contribution in [0.3, 0.4) is 0 Å². The third kappa shape index (κ3) is 2.91. The van der Waals surface area contributed by atoms with Gasteiger partial charge in [-0.1, -0.05) is 36.4 Å². The van der Waals surface area contributed by atoms with Gasteiger partial charge in [-0.2, -0.15) is 0 Å². The van der Waals surface area contributed by atoms with Crippen LogP contribution in [0.4, 0.5) is 0 Å². The Hall–Kier alpha value is -2.49. The molecule has 1 aliphatic rings. The quantitative estimate of drug-likeness (QED) is 0.797. The highest BCUT2D eigenvalue weighted by Crippen LogP contribution is 2.36. The topological polar surface area (TPSA) is 38.8 Å². The highest BCUT2D eigenvalue weighted by Gasteiger charge is 2.21. The molecule has 4 nitrogen and oxygen atoms in total. The summed E-state index contributed by atoms with van der Waals surface area (Å²) in [6.45, 7) is 1.85. The van der Waals surface area contributed by atoms with Gasteiger partial charge in [-0.15, -0.1) is 0 Å². The minimum atomic E-state index is 0.505. The summed E-state index contributed by atoms with van der Waals surface area (Å²) in [6.07, 6.45) is 1.69. The Morgan fingerprint density at radius 2 is 2.00 bits per heavy atom. The van der Waals surface area contributed by atoms with Crippen molar-refractivity contribution in [3.63, 3.8) is 0 Å². The number of hydrogen-bond donors (Lipinski definition) is 0. The van der Waals surface area contributed by atoms with Crippen LogP contribution < -0.4 is 9.47 Å². The average Bonchev–Trinajstić information content (AvgIpc) is 2.59. The van der Waals surface area contributed by atoms with E-state index in [4.69, 9.17) is 9.47 Å². The van der Waals surface area contributed by atoms with Gasteiger partial charge in [0, 0.05) is 18.7 Å². The van der Waals surface area contributed by atoms with Crippen molar-refractivity contribution in [2.45, 2.75) is 19.6 Å². The molecule has 1 heterocycles. The van der Waals surface area contributed by atoms with Gasteiger partial charge >= 0.3 is 0 Å². The third-order valence-electron chi connectivity index (χ3n) is 3.94. The first kappa shape index (κ1) is 14.4. The molecule has 0 saturated carbocycles. The van der Waals surface area contributed by atoms with Crippen LogP contribution in [0.2, 0.25) is 0 Å². The number of hydrogen-bond acceptors (Lipinski definition) is 3. The Morgan fingerprint density at radius 1 is 1.18 bits per heavy atom. The molecule has 0 spiro atoms. The molecular weight excluding hydrogens is 278 g/mol. The van der Waals surface area contributed by atoms with E-state index in [1.165, 1.54) is 0 Å². The van der Waals surface area contributed by atoms with Gasteiger partial charge in [0.25, 0.3) is 0 Å². The number of fused-ring (bicyclic) bond motifs is 1. The predicted molar refractivity (Wildman–Crippen MR) is 83.9 cm³/mol. The molecule has 0 aromatic heterocycles. The third-order valence-corrected chi connectivity index (χ3v) is 3.94. The van der Waals surface area contributed by atoms with Crippen molar-refractivity contribution in [1.29, 1.82) is 0 Å². The van der Waals surface area contributed by atoms with Crippen LogP contribution in [0.25, 0.3) is 0 Å². The van der Waals surface area contributed by atoms with Gasteiger partial charge in [0.05, 0.1) is 7.11 Å². The van der Waals surface area contributed by atoms with E-state index in [2.05, 4.69) is 0 Å². The lowest BCUT2D eigenvalue weighted by Gasteiger charge is -2.27. The fourth-order valence-corrected chi connectivity index (χ4v) is 2.76. The summed E-state index contributed by atoms with van der Waals surface area (Å²) < 4.78 is 11.5. The zero-order valence-corrected chi connectivity index (χ0v) is 12.6. The molecule has 0 bridgehead atoms. The highest BCUT2D eigenvalue weighted by atomic mass is 16.5. The molecule has 1 aliphatic heterocycles. The van der Waals surface area contributed by atoms with Crippen LogP contribution in [-0.4, -0.2) is 25.0 Å². The number of benzene rings is 2. The standard InChI is InChI=1S/C18H19NO3/c1-21-17-8-7-15-11-19(13-20)10-9-16(15)18(17)22-12-14-5-3-2-4-6-14/h2-8,13H,9-12H2,1H3. The second kappa shape index (κ2) is 6.52. The Labute approximate surface area is 130 Å². The SMILES string of the molecule is COc1ccc2c(c1OCc1ccccc1)CCN(C=O)C2. The fourth-order valence-electron chi connectivity index (χ4n) is 2.76. The van der Waals surface area contributed by atoms with Gasteiger partial charge in [0.2, 0.25) is 6.41 Å². The predicted octanol–water partition coefficient (Wildman–Crippen LogP) is 2.79. The first-order valence-electron chi connectivity index (χ1n) is 7.36. The molecule has 2 aromatic rings. The highest BCUT2D eigenvalue weighted by molar-refractivity contribution is 5.55. The van der Waals surface area contributed by atoms with Crippen molar-refractivity contribution in [2.24, 2.45) is 0 Å². The molecule has 0 fully saturated rings. The molecular formula is C18H19NO3. The van der Waals surface area contributed by atoms with Crippen molar-refractivity contribution in [3.05, 3.63) is 59.2 Å². The molecule has 0 atom stereocenters. The summed E-state index contributed by atoms with van der Waals surface area (Å²) in [4.78, 5) is 12.7. The normalized spacial score (nSPS) is 13.4. The van der Waals surface area contributed by atoms with E-state index >= 15 is 0 Å². The summed E-state index contributed by atoms with van der Waals surface area (Å²) in [6, 6.07) is 14.0. The lowest BCUT2D eigenvalue weighted by molar-refractivity contribution is -0.118. The zero-order valence-electron chi connectivity index (χ0n) is 12.6. The lowest BCUT2D eigenvalue weighted by Crippen LogP contribution is -2.29. The number of amides is 1. The molecule has 3 rings (SSSR count). The monoisotopic (exact) mass is 297 g/mol. The zero-order chi connectivity index (χ0) is 15.4. The second-order valence-electron chi connectivity index (χ2n) is 5.33. The number of rotatable bonds is 5. The van der Waals surface area contributed by atoms with Gasteiger partial charge < -0.3 is 14.4 Å². The molecule has 2 aromatic carbocycles. The molecule has 4 heteroatoms. The van der Waals surface area contributed by atoms with Crippen LogP contribution in [0.15, 0.2) is 42.5 Å². The number of nitrogens with zero attached hydrogens (tertiary/aromatic N) is 1. The number of carbonyl (C=O) groups is 1. The van der Waals surface area contributed by atoms with Crippen LogP contribution in [0, 0.1) is 0 Å². The molecule has 1 amide bonds. The summed E-state index contributed by atoms with van der Waals surface area (Å²) >= 11 is 0. The van der Waals surface area contributed by atoms with Crippen LogP contribution in [-0.2, 0) is 24.4 Å². The van der Waals surface area contributed by atoms with Crippen molar-refractivity contribution in [1.82, 2.24) is 4.90 Å². The number of carbonyl (C=O) groups excluding carboxylic acids is 1. The van der Waals surface area contributed by atoms with E-state index in [1.54, 1.807) is 12.0 Å². The minimum Gasteiger partial charge on any atom is -0.493 e. The maximum Gasteiger partial charge on any atom is 0.210 e. The largest absolute Gasteiger partial charge is 0.493 e. The Kier molecular flexibility index (Phi) is 4.28. The van der Waals surface area contributed by atoms with Gasteiger partial charge in [-0.05, 0) is 23.6 Å². The first-order chi connectivity index (χ1) is 10.8. The summed E-state index contributed by atoms with van der Waals surface area (Å²) in [5.74, 6) is 1.55. The molecule has 0 N–H and O–H groups in total. The van der Waals surface area contributed by atoms with Gasteiger partial charge in [0.1, 0.15) is 6.61 Å². The van der Waals surface area contributed by atoms with Gasteiger partial charge in [-0.25, -0.2) is 0 Å². The maximum absolute atomic E-state index is 11.0. The minimum absolute atomic E-state index is 0.505. The second-order valence-corrected chi connectivity index (χ2v) is 5.33. The first-order valence-corrected chi connectivity index (χ1v) is 7.36. The van der Waals surface area contributed by atoms with Crippen molar-refractivity contribution < 1.29 is 14.3 Å². The molecule has 0 aliphatic carbocycles. The van der Waals surface area contributed by atoms with Gasteiger partial charge in [0.15, 0.2) is 11.5 Å². The van der Waals surface area contributed by atoms with E-state index in [1.807, 2.05) is 42.5 Å². The van der Waals surface area contributed by atoms with Crippen LogP contribution >= 0.6 is 0 Å². The average molecular weight is 297 g/mol. The Morgan fingerprint density at radius 3 is 2.73 bits per heavy atom. The Balaban J connectivity index is 1.87. The van der Waals surface area contributed by atoms with E-state index in [0.29, 0.717) is 19.7 Å². The van der Waals surface area contributed by atoms with Gasteiger partial charge in [-0.3, -0.25) is 4.79 Å². The number of methoxy groups -OCH3 is 1. The summed E-state index contributed by atoms with van der Waals surface area (Å²) in [7, 11) is 1.65. The molecule has 0 saturated heterocycles. The van der Waals surface area contributed by atoms with Crippen molar-refractivity contribution >= 4 is 6.41 Å². The fraction of sp³-hybridized carbons (Fsp3) is 0.278. The lowest BCUT2D eigenvalue weighted by atomic mass is 9.98. The number of ether oxygens (including phenoxy) is 2. The molecule has 22 heavy (non-hydrogen) atoms. The molecule has 0 radical (unpaired) electrons. The van der Waals surface area contributed by atoms with E-state index in [0.717, 1.165) is 41.0 Å². The smallest absolute Gasteiger partial charge is 0.210 e. The molecule has 0 unspecified atom stereocenters. The molecule has 114 valence electrons. The van der Waals surface area contributed by atoms with Crippen molar-refractivity contribution in [3.8, 4) is 11.5 Å². The van der Waals surface area contributed by atoms with E-state index < -0.39 is 0 Å². The maximum atomic E-state index is 11.0. The van der Waals surface area contributed by atoms with Crippen molar-refractivity contribution in [2.75, 3.05) is 13.7 Å². The Bertz CT molecular complexity index is 655. The van der Waals surface area contributed by atoms with E-state index in [-0.39, 0.29) is 0 Å². The van der Waals surface area contributed by atoms with E-state index in [9.17, 15) is 4.79 Å². The summed E-state index contributed by atoms with van der Waals surface area (Å²) in [5.41, 5.74) is 3.39. The summed E-state index contributed by atoms with van der Waals surface area (Å²) in [5, 5.41) is 0. The van der Waals surface area contributed by atoms with Crippen LogP contribution in [0.5, 0.6) is 11.5 Å².